The standard InChI is InChI=1S/C16H21N3/c1-2-4-7-13(6-3-1)18-12-14-9-10-16(19-14)15-8-5-11-17-15/h5,8-13,17,19H,1-4,6-7H2. The molecule has 0 saturated heterocycles. The number of aromatic nitrogens is 2. The van der Waals surface area contributed by atoms with Crippen LogP contribution in [0.25, 0.3) is 11.4 Å². The molecule has 2 aromatic heterocycles. The van der Waals surface area contributed by atoms with Gasteiger partial charge in [0, 0.05) is 12.4 Å². The molecule has 0 bridgehead atoms. The van der Waals surface area contributed by atoms with E-state index in [0.717, 1.165) is 17.1 Å². The van der Waals surface area contributed by atoms with Crippen LogP contribution in [0.15, 0.2) is 35.5 Å². The van der Waals surface area contributed by atoms with E-state index in [-0.39, 0.29) is 0 Å². The second kappa shape index (κ2) is 5.91. The molecule has 1 aliphatic carbocycles. The predicted octanol–water partition coefficient (Wildman–Crippen LogP) is 4.15. The van der Waals surface area contributed by atoms with Gasteiger partial charge in [0.05, 0.1) is 23.1 Å². The largest absolute Gasteiger partial charge is 0.360 e. The van der Waals surface area contributed by atoms with Gasteiger partial charge in [-0.3, -0.25) is 4.99 Å². The van der Waals surface area contributed by atoms with Gasteiger partial charge < -0.3 is 9.97 Å². The van der Waals surface area contributed by atoms with Crippen molar-refractivity contribution in [3.63, 3.8) is 0 Å². The highest BCUT2D eigenvalue weighted by molar-refractivity contribution is 5.79. The zero-order valence-corrected chi connectivity index (χ0v) is 11.2. The summed E-state index contributed by atoms with van der Waals surface area (Å²) in [5.41, 5.74) is 3.33. The monoisotopic (exact) mass is 255 g/mol. The molecule has 2 aromatic rings. The number of nitrogens with zero attached hydrogens (tertiary/aromatic N) is 1. The summed E-state index contributed by atoms with van der Waals surface area (Å²) in [5.74, 6) is 0. The van der Waals surface area contributed by atoms with Crippen LogP contribution in [0, 0.1) is 0 Å². The first-order valence-corrected chi connectivity index (χ1v) is 7.28. The van der Waals surface area contributed by atoms with Gasteiger partial charge in [0.15, 0.2) is 0 Å². The maximum absolute atomic E-state index is 4.74. The minimum absolute atomic E-state index is 0.528. The van der Waals surface area contributed by atoms with Crippen LogP contribution in [-0.2, 0) is 0 Å². The summed E-state index contributed by atoms with van der Waals surface area (Å²) in [6.07, 6.45) is 11.9. The molecule has 100 valence electrons. The lowest BCUT2D eigenvalue weighted by Crippen LogP contribution is -2.02. The Morgan fingerprint density at radius 3 is 2.58 bits per heavy atom. The molecule has 0 aliphatic heterocycles. The molecule has 0 atom stereocenters. The molecule has 1 aliphatic rings. The Hall–Kier alpha value is -1.77. The van der Waals surface area contributed by atoms with Crippen LogP contribution in [0.2, 0.25) is 0 Å². The maximum atomic E-state index is 4.74. The molecule has 1 fully saturated rings. The van der Waals surface area contributed by atoms with Crippen LogP contribution in [0.1, 0.15) is 44.2 Å². The smallest absolute Gasteiger partial charge is 0.0624 e. The molecule has 0 spiro atoms. The van der Waals surface area contributed by atoms with Crippen LogP contribution in [0.4, 0.5) is 0 Å². The first-order valence-electron chi connectivity index (χ1n) is 7.28. The van der Waals surface area contributed by atoms with E-state index in [0.29, 0.717) is 6.04 Å². The molecular weight excluding hydrogens is 234 g/mol. The lowest BCUT2D eigenvalue weighted by atomic mass is 10.1. The zero-order chi connectivity index (χ0) is 12.9. The topological polar surface area (TPSA) is 43.9 Å². The molecule has 1 saturated carbocycles. The molecule has 0 unspecified atom stereocenters. The summed E-state index contributed by atoms with van der Waals surface area (Å²) in [4.78, 5) is 11.3. The van der Waals surface area contributed by atoms with Crippen LogP contribution in [0.5, 0.6) is 0 Å². The van der Waals surface area contributed by atoms with Crippen LogP contribution in [0.3, 0.4) is 0 Å². The Bertz CT molecular complexity index is 514. The van der Waals surface area contributed by atoms with E-state index in [1.807, 2.05) is 18.5 Å². The van der Waals surface area contributed by atoms with Crippen molar-refractivity contribution in [3.8, 4) is 11.4 Å². The lowest BCUT2D eigenvalue weighted by molar-refractivity contribution is 0.588. The average molecular weight is 255 g/mol. The van der Waals surface area contributed by atoms with Crippen molar-refractivity contribution >= 4 is 6.21 Å². The summed E-state index contributed by atoms with van der Waals surface area (Å²) >= 11 is 0. The van der Waals surface area contributed by atoms with E-state index in [9.17, 15) is 0 Å². The zero-order valence-electron chi connectivity index (χ0n) is 11.2. The van der Waals surface area contributed by atoms with E-state index < -0.39 is 0 Å². The highest BCUT2D eigenvalue weighted by Crippen LogP contribution is 2.20. The Balaban J connectivity index is 1.66. The van der Waals surface area contributed by atoms with Gasteiger partial charge in [-0.1, -0.05) is 25.7 Å². The third-order valence-electron chi connectivity index (χ3n) is 3.85. The van der Waals surface area contributed by atoms with Crippen molar-refractivity contribution in [1.29, 1.82) is 0 Å². The summed E-state index contributed by atoms with van der Waals surface area (Å²) < 4.78 is 0. The number of nitrogens with one attached hydrogen (secondary N) is 2. The van der Waals surface area contributed by atoms with Gasteiger partial charge in [-0.25, -0.2) is 0 Å². The maximum Gasteiger partial charge on any atom is 0.0624 e. The van der Waals surface area contributed by atoms with Crippen LogP contribution in [-0.4, -0.2) is 22.2 Å². The van der Waals surface area contributed by atoms with E-state index in [1.165, 1.54) is 38.5 Å². The number of aliphatic imine (C=N–C) groups is 1. The molecule has 2 heterocycles. The second-order valence-corrected chi connectivity index (χ2v) is 5.33. The molecular formula is C16H21N3. The highest BCUT2D eigenvalue weighted by Gasteiger charge is 2.09. The highest BCUT2D eigenvalue weighted by atomic mass is 14.8. The number of H-pyrrole nitrogens is 2. The van der Waals surface area contributed by atoms with Crippen molar-refractivity contribution in [2.45, 2.75) is 44.6 Å². The molecule has 19 heavy (non-hydrogen) atoms. The van der Waals surface area contributed by atoms with E-state index >= 15 is 0 Å². The van der Waals surface area contributed by atoms with Gasteiger partial charge in [0.25, 0.3) is 0 Å². The number of rotatable bonds is 3. The van der Waals surface area contributed by atoms with Crippen molar-refractivity contribution in [1.82, 2.24) is 9.97 Å². The van der Waals surface area contributed by atoms with E-state index in [1.54, 1.807) is 0 Å². The fraction of sp³-hybridized carbons (Fsp3) is 0.438. The first kappa shape index (κ1) is 12.3. The number of hydrogen-bond donors (Lipinski definition) is 2. The quantitative estimate of drug-likeness (QED) is 0.611. The Kier molecular flexibility index (Phi) is 3.82. The van der Waals surface area contributed by atoms with E-state index in [4.69, 9.17) is 4.99 Å². The van der Waals surface area contributed by atoms with Crippen molar-refractivity contribution in [3.05, 3.63) is 36.2 Å². The van der Waals surface area contributed by atoms with Gasteiger partial charge in [-0.05, 0) is 37.1 Å². The van der Waals surface area contributed by atoms with Gasteiger partial charge in [0.2, 0.25) is 0 Å². The molecule has 3 heteroatoms. The predicted molar refractivity (Wildman–Crippen MR) is 79.7 cm³/mol. The minimum atomic E-state index is 0.528. The summed E-state index contributed by atoms with van der Waals surface area (Å²) in [6.45, 7) is 0. The number of hydrogen-bond acceptors (Lipinski definition) is 1. The molecule has 3 nitrogen and oxygen atoms in total. The van der Waals surface area contributed by atoms with Crippen molar-refractivity contribution in [2.75, 3.05) is 0 Å². The Morgan fingerprint density at radius 2 is 1.84 bits per heavy atom. The molecule has 0 aromatic carbocycles. The molecule has 3 rings (SSSR count). The normalized spacial score (nSPS) is 17.9. The van der Waals surface area contributed by atoms with Gasteiger partial charge in [-0.2, -0.15) is 0 Å². The van der Waals surface area contributed by atoms with Crippen LogP contribution < -0.4 is 0 Å². The Morgan fingerprint density at radius 1 is 1.00 bits per heavy atom. The van der Waals surface area contributed by atoms with Crippen molar-refractivity contribution < 1.29 is 0 Å². The van der Waals surface area contributed by atoms with Gasteiger partial charge in [0.1, 0.15) is 0 Å². The van der Waals surface area contributed by atoms with Gasteiger partial charge in [-0.15, -0.1) is 0 Å². The fourth-order valence-electron chi connectivity index (χ4n) is 2.73. The minimum Gasteiger partial charge on any atom is -0.360 e. The summed E-state index contributed by atoms with van der Waals surface area (Å²) in [6, 6.07) is 8.80. The third kappa shape index (κ3) is 3.16. The van der Waals surface area contributed by atoms with Crippen molar-refractivity contribution in [2.24, 2.45) is 4.99 Å². The SMILES string of the molecule is C(=NC1CCCCCC1)c1ccc(-c2ccc[nH]2)[nH]1. The molecule has 0 radical (unpaired) electrons. The van der Waals surface area contributed by atoms with Gasteiger partial charge >= 0.3 is 0 Å². The fourth-order valence-corrected chi connectivity index (χ4v) is 2.73. The third-order valence-corrected chi connectivity index (χ3v) is 3.85. The Labute approximate surface area is 114 Å². The number of aromatic amines is 2. The molecule has 2 N–H and O–H groups in total. The molecule has 0 amide bonds. The average Bonchev–Trinajstić information content (AvgIpc) is 3.04. The van der Waals surface area contributed by atoms with Crippen LogP contribution >= 0.6 is 0 Å². The second-order valence-electron chi connectivity index (χ2n) is 5.33. The van der Waals surface area contributed by atoms with E-state index in [2.05, 4.69) is 28.2 Å². The summed E-state index contributed by atoms with van der Waals surface area (Å²) in [7, 11) is 0. The first-order chi connectivity index (χ1) is 9.42. The lowest BCUT2D eigenvalue weighted by Gasteiger charge is -2.06. The summed E-state index contributed by atoms with van der Waals surface area (Å²) in [5, 5.41) is 0.